The number of hydrogen-bond acceptors (Lipinski definition) is 10. The molecule has 2 bridgehead atoms. The highest BCUT2D eigenvalue weighted by Gasteiger charge is 2.54. The molecule has 340 valence electrons. The summed E-state index contributed by atoms with van der Waals surface area (Å²) in [5, 5.41) is 72.4. The fraction of sp³-hybridized carbons (Fsp3) is 0.686. The van der Waals surface area contributed by atoms with Gasteiger partial charge in [-0.25, -0.2) is 0 Å². The van der Waals surface area contributed by atoms with E-state index >= 15 is 0 Å². The van der Waals surface area contributed by atoms with Crippen molar-refractivity contribution >= 4 is 0 Å². The number of nitrogens with one attached hydrogen (secondary N) is 2. The Labute approximate surface area is 367 Å². The third-order valence-electron chi connectivity index (χ3n) is 17.0. The summed E-state index contributed by atoms with van der Waals surface area (Å²) in [6.45, 7) is 1.07. The molecule has 0 amide bonds. The molecule has 2 aromatic carbocycles. The highest BCUT2D eigenvalue weighted by atomic mass is 16.5. The van der Waals surface area contributed by atoms with Gasteiger partial charge in [0.15, 0.2) is 11.5 Å². The summed E-state index contributed by atoms with van der Waals surface area (Å²) in [5.41, 5.74) is 4.13. The summed E-state index contributed by atoms with van der Waals surface area (Å²) in [4.78, 5) is 3.09. The van der Waals surface area contributed by atoms with Gasteiger partial charge in [0.2, 0.25) is 5.75 Å². The first-order valence-corrected chi connectivity index (χ1v) is 24.0. The standard InChI is InChI=1S/C51H72N2O9/c1-52-18-11-31-21-37-36-23-33(6-8-42(36)61-20-13-30-9-16-51(59,27-30)17-10-40(55)46(37)50(26-31)14-3-4-15-50)34-5-7-35-41(56)25-44(62-43(35)24-34)45-38(22-32-12-19-53-28-32)49(60-2)48(58)47(57)39(45)29-54/h6,8,12,19,23,28,30-31,34-35,37,40-41,43-44,46,52-59H,3-5,7,9-11,13-18,20-22,24-27,29H2,1-2H3/t30-,31+,34+,35-,37-,40+,41+,43+,44+,46+,51+/m1/s1. The fourth-order valence-corrected chi connectivity index (χ4v) is 14.1. The Morgan fingerprint density at radius 3 is 2.48 bits per heavy atom. The largest absolute Gasteiger partial charge is 0.504 e. The van der Waals surface area contributed by atoms with Gasteiger partial charge in [0.05, 0.1) is 50.3 Å². The van der Waals surface area contributed by atoms with Crippen LogP contribution in [0.1, 0.15) is 160 Å². The van der Waals surface area contributed by atoms with Crippen LogP contribution in [0.25, 0.3) is 0 Å². The second-order valence-corrected chi connectivity index (χ2v) is 20.6. The van der Waals surface area contributed by atoms with Crippen molar-refractivity contribution in [2.45, 2.75) is 164 Å². The number of aromatic nitrogens is 1. The van der Waals surface area contributed by atoms with Crippen LogP contribution in [-0.4, -0.2) is 86.8 Å². The van der Waals surface area contributed by atoms with Crippen molar-refractivity contribution in [2.24, 2.45) is 29.1 Å². The van der Waals surface area contributed by atoms with Crippen molar-refractivity contribution < 1.29 is 44.8 Å². The molecule has 11 heteroatoms. The molecule has 0 unspecified atom stereocenters. The number of aromatic hydroxyl groups is 2. The second-order valence-electron chi connectivity index (χ2n) is 20.6. The van der Waals surface area contributed by atoms with Crippen LogP contribution in [0.4, 0.5) is 0 Å². The molecular weight excluding hydrogens is 785 g/mol. The molecule has 0 radical (unpaired) electrons. The van der Waals surface area contributed by atoms with Crippen molar-refractivity contribution in [3.05, 3.63) is 70.0 Å². The molecule has 11 atom stereocenters. The lowest BCUT2D eigenvalue weighted by atomic mass is 9.53. The van der Waals surface area contributed by atoms with Crippen LogP contribution < -0.4 is 14.8 Å². The van der Waals surface area contributed by atoms with Gasteiger partial charge in [-0.1, -0.05) is 25.0 Å². The van der Waals surface area contributed by atoms with E-state index in [1.54, 1.807) is 0 Å². The summed E-state index contributed by atoms with van der Waals surface area (Å²) in [6, 6.07) is 8.80. The van der Waals surface area contributed by atoms with Gasteiger partial charge in [-0.05, 0) is 173 Å². The Morgan fingerprint density at radius 1 is 0.903 bits per heavy atom. The first kappa shape index (κ1) is 43.9. The van der Waals surface area contributed by atoms with Crippen LogP contribution in [0.3, 0.4) is 0 Å². The zero-order valence-corrected chi connectivity index (χ0v) is 37.0. The molecule has 9 rings (SSSR count). The van der Waals surface area contributed by atoms with Gasteiger partial charge < -0.3 is 55.2 Å². The quantitative estimate of drug-likeness (QED) is 0.0984. The third-order valence-corrected chi connectivity index (χ3v) is 17.0. The number of aliphatic hydroxyl groups is 4. The average Bonchev–Trinajstić information content (AvgIpc) is 4.05. The lowest BCUT2D eigenvalue weighted by molar-refractivity contribution is -0.154. The normalized spacial score (nSPS) is 34.5. The van der Waals surface area contributed by atoms with Crippen molar-refractivity contribution in [3.63, 3.8) is 0 Å². The zero-order valence-electron chi connectivity index (χ0n) is 37.0. The Bertz CT molecular complexity index is 2000. The van der Waals surface area contributed by atoms with E-state index in [4.69, 9.17) is 14.2 Å². The van der Waals surface area contributed by atoms with E-state index in [1.807, 2.05) is 25.5 Å². The molecule has 6 aliphatic rings. The Hall–Kier alpha value is -3.32. The van der Waals surface area contributed by atoms with Crippen LogP contribution in [0.2, 0.25) is 0 Å². The summed E-state index contributed by atoms with van der Waals surface area (Å²) in [7, 11) is 3.50. The van der Waals surface area contributed by atoms with Crippen LogP contribution in [-0.2, 0) is 17.8 Å². The van der Waals surface area contributed by atoms with Crippen molar-refractivity contribution in [2.75, 3.05) is 27.3 Å². The van der Waals surface area contributed by atoms with Gasteiger partial charge in [0, 0.05) is 42.3 Å². The molecule has 4 saturated carbocycles. The topological polar surface area (TPSA) is 177 Å². The molecule has 8 N–H and O–H groups in total. The number of aliphatic hydroxyl groups excluding tert-OH is 3. The molecule has 1 saturated heterocycles. The van der Waals surface area contributed by atoms with E-state index in [2.05, 4.69) is 28.5 Å². The minimum Gasteiger partial charge on any atom is -0.504 e. The number of phenolic OH excluding ortho intramolecular Hbond substituents is 1. The summed E-state index contributed by atoms with van der Waals surface area (Å²) >= 11 is 0. The number of phenols is 2. The maximum atomic E-state index is 12.5. The highest BCUT2D eigenvalue weighted by molar-refractivity contribution is 5.64. The minimum atomic E-state index is -0.701. The first-order valence-electron chi connectivity index (χ1n) is 24.0. The Morgan fingerprint density at radius 2 is 1.73 bits per heavy atom. The van der Waals surface area contributed by atoms with Crippen molar-refractivity contribution in [1.82, 2.24) is 10.3 Å². The number of ether oxygens (including phenoxy) is 3. The maximum absolute atomic E-state index is 12.5. The minimum absolute atomic E-state index is 0.0597. The monoisotopic (exact) mass is 857 g/mol. The number of aromatic amines is 1. The van der Waals surface area contributed by atoms with E-state index < -0.39 is 42.0 Å². The SMILES string of the molecule is CNCC[C@H]1C[C@@H]2c3cc([C@H]4CC[C@H]5[C@H](C4)O[C@H](c4c(CO)c(O)c(O)c(OC)c4Cc4cc[nH]c4)C[C@@H]5O)ccc3OCC[C@H]3CC[C@](O)(CC[C@H](O)[C@H]2C2(CCCC2)C1)C3. The Kier molecular flexibility index (Phi) is 12.9. The fourth-order valence-electron chi connectivity index (χ4n) is 14.1. The molecule has 1 aromatic heterocycles. The van der Waals surface area contributed by atoms with Gasteiger partial charge >= 0.3 is 0 Å². The molecule has 3 aromatic rings. The molecule has 1 spiro atoms. The molecule has 2 aliphatic heterocycles. The van der Waals surface area contributed by atoms with Gasteiger partial charge in [0.1, 0.15) is 5.75 Å². The van der Waals surface area contributed by atoms with Crippen LogP contribution in [0.5, 0.6) is 23.0 Å². The summed E-state index contributed by atoms with van der Waals surface area (Å²) < 4.78 is 19.6. The number of benzene rings is 2. The van der Waals surface area contributed by atoms with E-state index in [-0.39, 0.29) is 46.5 Å². The molecule has 62 heavy (non-hydrogen) atoms. The summed E-state index contributed by atoms with van der Waals surface area (Å²) in [6.07, 6.45) is 17.4. The maximum Gasteiger partial charge on any atom is 0.201 e. The van der Waals surface area contributed by atoms with E-state index in [1.165, 1.54) is 31.1 Å². The molecular formula is C51H72N2O9. The highest BCUT2D eigenvalue weighted by Crippen LogP contribution is 2.62. The summed E-state index contributed by atoms with van der Waals surface area (Å²) in [5.74, 6) is 1.50. The average molecular weight is 857 g/mol. The number of methoxy groups -OCH3 is 1. The molecule has 5 fully saturated rings. The predicted octanol–water partition coefficient (Wildman–Crippen LogP) is 8.03. The molecule has 3 heterocycles. The van der Waals surface area contributed by atoms with Gasteiger partial charge in [-0.2, -0.15) is 0 Å². The zero-order chi connectivity index (χ0) is 43.2. The number of hydrogen-bond donors (Lipinski definition) is 8. The number of rotatable bonds is 9. The van der Waals surface area contributed by atoms with Crippen molar-refractivity contribution in [3.8, 4) is 23.0 Å². The number of fused-ring (bicyclic) bond motifs is 7. The lowest BCUT2D eigenvalue weighted by Crippen LogP contribution is -2.47. The van der Waals surface area contributed by atoms with Crippen molar-refractivity contribution in [1.29, 1.82) is 0 Å². The van der Waals surface area contributed by atoms with E-state index in [0.29, 0.717) is 61.7 Å². The second kappa shape index (κ2) is 18.3. The van der Waals surface area contributed by atoms with Gasteiger partial charge in [0.25, 0.3) is 0 Å². The molecule has 4 aliphatic carbocycles. The first-order chi connectivity index (χ1) is 30.0. The van der Waals surface area contributed by atoms with Crippen LogP contribution in [0, 0.1) is 29.1 Å². The lowest BCUT2D eigenvalue weighted by Gasteiger charge is -2.52. The van der Waals surface area contributed by atoms with E-state index in [0.717, 1.165) is 88.5 Å². The molecule has 11 nitrogen and oxygen atoms in total. The Balaban J connectivity index is 1.06. The van der Waals surface area contributed by atoms with E-state index in [9.17, 15) is 30.6 Å². The number of H-pyrrole nitrogens is 1. The van der Waals surface area contributed by atoms with Gasteiger partial charge in [-0.3, -0.25) is 0 Å². The third kappa shape index (κ3) is 8.39. The van der Waals surface area contributed by atoms with Crippen LogP contribution in [0.15, 0.2) is 36.7 Å². The predicted molar refractivity (Wildman–Crippen MR) is 237 cm³/mol. The smallest absolute Gasteiger partial charge is 0.201 e. The van der Waals surface area contributed by atoms with Gasteiger partial charge in [-0.15, -0.1) is 0 Å². The van der Waals surface area contributed by atoms with Crippen LogP contribution >= 0.6 is 0 Å².